The van der Waals surface area contributed by atoms with Gasteiger partial charge in [-0.25, -0.2) is 4.98 Å². The van der Waals surface area contributed by atoms with Crippen molar-refractivity contribution in [3.63, 3.8) is 0 Å². The highest BCUT2D eigenvalue weighted by atomic mass is 16.7. The minimum absolute atomic E-state index is 0.253. The number of nitrogens with zero attached hydrogens (tertiary/aromatic N) is 4. The number of fused-ring (bicyclic) bond motifs is 4. The summed E-state index contributed by atoms with van der Waals surface area (Å²) in [5.41, 5.74) is 2.47. The number of benzene rings is 2. The summed E-state index contributed by atoms with van der Waals surface area (Å²) >= 11 is 0. The fraction of sp³-hybridized carbons (Fsp3) is 0.0625. The van der Waals surface area contributed by atoms with Crippen LogP contribution in [0.15, 0.2) is 48.8 Å². The molecule has 2 aromatic heterocycles. The quantitative estimate of drug-likeness (QED) is 0.614. The molecule has 0 spiro atoms. The Labute approximate surface area is 130 Å². The molecule has 0 aliphatic carbocycles. The molecule has 5 rings (SSSR count). The number of ether oxygens (including phenoxy) is 2. The van der Waals surface area contributed by atoms with Gasteiger partial charge < -0.3 is 14.8 Å². The van der Waals surface area contributed by atoms with Gasteiger partial charge in [0, 0.05) is 17.1 Å². The summed E-state index contributed by atoms with van der Waals surface area (Å²) < 4.78 is 12.6. The summed E-state index contributed by atoms with van der Waals surface area (Å²) in [7, 11) is 0. The Bertz CT molecular complexity index is 1040. The maximum Gasteiger partial charge on any atom is 0.231 e. The standard InChI is InChI=1S/C16H11N5O2/c1-2-4-12-11(3-1)15-20-17-8-21(15)16(19-12)18-10-5-6-13-14(7-10)23-9-22-13/h1-8H,9H2,(H,18,19). The maximum absolute atomic E-state index is 5.41. The van der Waals surface area contributed by atoms with Crippen molar-refractivity contribution < 1.29 is 9.47 Å². The van der Waals surface area contributed by atoms with Gasteiger partial charge in [-0.15, -0.1) is 10.2 Å². The molecule has 1 aliphatic rings. The molecule has 3 heterocycles. The van der Waals surface area contributed by atoms with Gasteiger partial charge in [-0.05, 0) is 24.3 Å². The molecule has 23 heavy (non-hydrogen) atoms. The van der Waals surface area contributed by atoms with Crippen molar-refractivity contribution in [2.45, 2.75) is 0 Å². The Balaban J connectivity index is 1.65. The number of nitrogens with one attached hydrogen (secondary N) is 1. The lowest BCUT2D eigenvalue weighted by Crippen LogP contribution is -2.02. The molecule has 7 nitrogen and oxygen atoms in total. The van der Waals surface area contributed by atoms with Crippen LogP contribution >= 0.6 is 0 Å². The third-order valence-corrected chi connectivity index (χ3v) is 3.78. The number of hydrogen-bond acceptors (Lipinski definition) is 6. The summed E-state index contributed by atoms with van der Waals surface area (Å²) in [6.45, 7) is 0.253. The monoisotopic (exact) mass is 305 g/mol. The Morgan fingerprint density at radius 1 is 1.04 bits per heavy atom. The van der Waals surface area contributed by atoms with Gasteiger partial charge in [-0.2, -0.15) is 0 Å². The van der Waals surface area contributed by atoms with Crippen molar-refractivity contribution in [2.24, 2.45) is 0 Å². The first-order valence-electron chi connectivity index (χ1n) is 7.14. The van der Waals surface area contributed by atoms with E-state index in [1.807, 2.05) is 46.9 Å². The Morgan fingerprint density at radius 3 is 2.96 bits per heavy atom. The second-order valence-corrected chi connectivity index (χ2v) is 5.17. The first-order chi connectivity index (χ1) is 11.4. The van der Waals surface area contributed by atoms with Gasteiger partial charge in [0.1, 0.15) is 6.33 Å². The SMILES string of the molecule is c1ccc2c(c1)nc(Nc1ccc3c(c1)OCO3)n1cnnc21. The number of hydrogen-bond donors (Lipinski definition) is 1. The fourth-order valence-electron chi connectivity index (χ4n) is 2.69. The van der Waals surface area contributed by atoms with Crippen molar-refractivity contribution in [2.75, 3.05) is 12.1 Å². The summed E-state index contributed by atoms with van der Waals surface area (Å²) in [6, 6.07) is 13.5. The molecular formula is C16H11N5O2. The third kappa shape index (κ3) is 1.87. The molecule has 0 amide bonds. The molecule has 0 atom stereocenters. The Kier molecular flexibility index (Phi) is 2.43. The molecule has 0 bridgehead atoms. The van der Waals surface area contributed by atoms with Crippen LogP contribution in [0.1, 0.15) is 0 Å². The summed E-state index contributed by atoms with van der Waals surface area (Å²) in [4.78, 5) is 4.66. The van der Waals surface area contributed by atoms with Crippen molar-refractivity contribution in [1.29, 1.82) is 0 Å². The number of aromatic nitrogens is 4. The summed E-state index contributed by atoms with van der Waals surface area (Å²) in [5, 5.41) is 12.4. The van der Waals surface area contributed by atoms with E-state index in [9.17, 15) is 0 Å². The van der Waals surface area contributed by atoms with Crippen molar-refractivity contribution >= 4 is 28.2 Å². The second-order valence-electron chi connectivity index (χ2n) is 5.17. The molecule has 0 saturated carbocycles. The highest BCUT2D eigenvalue weighted by Crippen LogP contribution is 2.35. The second kappa shape index (κ2) is 4.57. The van der Waals surface area contributed by atoms with Gasteiger partial charge in [0.15, 0.2) is 17.1 Å². The normalized spacial score (nSPS) is 12.9. The predicted octanol–water partition coefficient (Wildman–Crippen LogP) is 2.75. The lowest BCUT2D eigenvalue weighted by Gasteiger charge is -2.10. The molecular weight excluding hydrogens is 294 g/mol. The molecule has 2 aromatic carbocycles. The van der Waals surface area contributed by atoms with Crippen molar-refractivity contribution in [1.82, 2.24) is 19.6 Å². The third-order valence-electron chi connectivity index (χ3n) is 3.78. The van der Waals surface area contributed by atoms with Crippen LogP contribution in [0.5, 0.6) is 11.5 Å². The maximum atomic E-state index is 5.41. The van der Waals surface area contributed by atoms with E-state index in [2.05, 4.69) is 20.5 Å². The van der Waals surface area contributed by atoms with Crippen LogP contribution in [0, 0.1) is 0 Å². The van der Waals surface area contributed by atoms with Crippen molar-refractivity contribution in [3.8, 4) is 11.5 Å². The zero-order chi connectivity index (χ0) is 15.2. The average molecular weight is 305 g/mol. The lowest BCUT2D eigenvalue weighted by atomic mass is 10.2. The van der Waals surface area contributed by atoms with E-state index in [-0.39, 0.29) is 6.79 Å². The Hall–Kier alpha value is -3.35. The number of para-hydroxylation sites is 1. The average Bonchev–Trinajstić information content (AvgIpc) is 3.24. The molecule has 0 fully saturated rings. The van der Waals surface area contributed by atoms with E-state index in [0.717, 1.165) is 33.7 Å². The van der Waals surface area contributed by atoms with Gasteiger partial charge in [0.05, 0.1) is 5.52 Å². The van der Waals surface area contributed by atoms with Crippen LogP contribution in [0.25, 0.3) is 16.6 Å². The number of rotatable bonds is 2. The first-order valence-corrected chi connectivity index (χ1v) is 7.14. The molecule has 1 aliphatic heterocycles. The summed E-state index contributed by atoms with van der Waals surface area (Å²) in [5.74, 6) is 2.11. The molecule has 0 radical (unpaired) electrons. The van der Waals surface area contributed by atoms with Gasteiger partial charge >= 0.3 is 0 Å². The smallest absolute Gasteiger partial charge is 0.231 e. The van der Waals surface area contributed by atoms with Crippen LogP contribution in [0.2, 0.25) is 0 Å². The van der Waals surface area contributed by atoms with Crippen LogP contribution < -0.4 is 14.8 Å². The van der Waals surface area contributed by atoms with Gasteiger partial charge in [0.2, 0.25) is 12.7 Å². The fourth-order valence-corrected chi connectivity index (χ4v) is 2.69. The van der Waals surface area contributed by atoms with E-state index >= 15 is 0 Å². The number of anilines is 2. The largest absolute Gasteiger partial charge is 0.454 e. The van der Waals surface area contributed by atoms with E-state index in [0.29, 0.717) is 5.95 Å². The minimum Gasteiger partial charge on any atom is -0.454 e. The van der Waals surface area contributed by atoms with Crippen LogP contribution in [-0.4, -0.2) is 26.4 Å². The molecule has 0 unspecified atom stereocenters. The van der Waals surface area contributed by atoms with E-state index < -0.39 is 0 Å². The zero-order valence-corrected chi connectivity index (χ0v) is 11.9. The van der Waals surface area contributed by atoms with Gasteiger partial charge in [-0.3, -0.25) is 4.40 Å². The minimum atomic E-state index is 0.253. The first kappa shape index (κ1) is 12.2. The predicted molar refractivity (Wildman–Crippen MR) is 84.1 cm³/mol. The highest BCUT2D eigenvalue weighted by molar-refractivity contribution is 5.92. The Morgan fingerprint density at radius 2 is 1.96 bits per heavy atom. The van der Waals surface area contributed by atoms with E-state index in [4.69, 9.17) is 9.47 Å². The van der Waals surface area contributed by atoms with E-state index in [1.165, 1.54) is 0 Å². The van der Waals surface area contributed by atoms with E-state index in [1.54, 1.807) is 6.33 Å². The molecule has 0 saturated heterocycles. The van der Waals surface area contributed by atoms with Crippen molar-refractivity contribution in [3.05, 3.63) is 48.8 Å². The lowest BCUT2D eigenvalue weighted by molar-refractivity contribution is 0.174. The molecule has 4 aromatic rings. The van der Waals surface area contributed by atoms with Gasteiger partial charge in [-0.1, -0.05) is 12.1 Å². The highest BCUT2D eigenvalue weighted by Gasteiger charge is 2.15. The topological polar surface area (TPSA) is 73.6 Å². The molecule has 1 N–H and O–H groups in total. The molecule has 7 heteroatoms. The molecule has 112 valence electrons. The van der Waals surface area contributed by atoms with Crippen LogP contribution in [-0.2, 0) is 0 Å². The van der Waals surface area contributed by atoms with Gasteiger partial charge in [0.25, 0.3) is 0 Å². The summed E-state index contributed by atoms with van der Waals surface area (Å²) in [6.07, 6.45) is 1.64. The zero-order valence-electron chi connectivity index (χ0n) is 11.9. The van der Waals surface area contributed by atoms with Crippen LogP contribution in [0.4, 0.5) is 11.6 Å². The van der Waals surface area contributed by atoms with Crippen LogP contribution in [0.3, 0.4) is 0 Å².